The van der Waals surface area contributed by atoms with Gasteiger partial charge in [-0.1, -0.05) is 18.5 Å². The Hall–Kier alpha value is -2.74. The van der Waals surface area contributed by atoms with Crippen molar-refractivity contribution in [1.82, 2.24) is 5.32 Å². The molecule has 0 bridgehead atoms. The number of rotatable bonds is 16. The van der Waals surface area contributed by atoms with Gasteiger partial charge in [0.2, 0.25) is 5.91 Å². The molecule has 2 rings (SSSR count). The molecular weight excluding hydrogens is 506 g/mol. The number of carbonyl (C=O) groups excluding carboxylic acids is 2. The van der Waals surface area contributed by atoms with Gasteiger partial charge in [0.15, 0.2) is 0 Å². The monoisotopic (exact) mass is 541 g/mol. The zero-order chi connectivity index (χ0) is 27.3. The van der Waals surface area contributed by atoms with Crippen LogP contribution >= 0.6 is 11.8 Å². The number of nitrogens with one attached hydrogen (secondary N) is 1. The van der Waals surface area contributed by atoms with Crippen molar-refractivity contribution in [3.8, 4) is 5.75 Å². The maximum atomic E-state index is 13.2. The van der Waals surface area contributed by atoms with Crippen LogP contribution in [0.25, 0.3) is 0 Å². The molecule has 0 fully saturated rings. The van der Waals surface area contributed by atoms with Crippen molar-refractivity contribution in [1.29, 1.82) is 0 Å². The predicted octanol–water partition coefficient (Wildman–Crippen LogP) is 2.11. The van der Waals surface area contributed by atoms with Crippen LogP contribution in [0.4, 0.5) is 0 Å². The van der Waals surface area contributed by atoms with E-state index in [-0.39, 0.29) is 19.1 Å². The van der Waals surface area contributed by atoms with Gasteiger partial charge < -0.3 is 33.5 Å². The van der Waals surface area contributed by atoms with Gasteiger partial charge in [0, 0.05) is 18.9 Å². The molecule has 0 unspecified atom stereocenters. The van der Waals surface area contributed by atoms with Gasteiger partial charge in [0.25, 0.3) is 0 Å². The second kappa shape index (κ2) is 15.5. The lowest BCUT2D eigenvalue weighted by atomic mass is 10.0. The smallest absolute Gasteiger partial charge is 0.360 e. The van der Waals surface area contributed by atoms with Crippen LogP contribution in [0.15, 0.2) is 31.5 Å². The van der Waals surface area contributed by atoms with E-state index in [1.807, 2.05) is 6.92 Å². The lowest BCUT2D eigenvalue weighted by molar-refractivity contribution is -0.149. The van der Waals surface area contributed by atoms with Gasteiger partial charge in [-0.25, -0.2) is 9.59 Å². The summed E-state index contributed by atoms with van der Waals surface area (Å²) in [5.41, 5.74) is -1.28. The van der Waals surface area contributed by atoms with Crippen molar-refractivity contribution >= 4 is 34.4 Å². The minimum atomic E-state index is -1.09. The molecule has 206 valence electrons. The number of thioether (sulfide) groups is 1. The van der Waals surface area contributed by atoms with Crippen LogP contribution in [0.1, 0.15) is 45.4 Å². The fraction of sp³-hybridized carbons (Fsp3) is 0.625. The lowest BCUT2D eigenvalue weighted by Crippen LogP contribution is -2.45. The number of oxime groups is 1. The molecule has 1 aromatic rings. The summed E-state index contributed by atoms with van der Waals surface area (Å²) in [4.78, 5) is 46.4. The molecule has 1 aliphatic heterocycles. The van der Waals surface area contributed by atoms with Crippen molar-refractivity contribution < 1.29 is 37.8 Å². The lowest BCUT2D eigenvalue weighted by Gasteiger charge is -2.24. The molecule has 1 aliphatic rings. The molecule has 1 amide bonds. The molecular formula is C24H35N3O9S. The molecule has 13 heteroatoms. The third kappa shape index (κ3) is 9.91. The van der Waals surface area contributed by atoms with Crippen molar-refractivity contribution in [3.63, 3.8) is 0 Å². The fourth-order valence-corrected chi connectivity index (χ4v) is 4.28. The molecule has 1 aromatic heterocycles. The summed E-state index contributed by atoms with van der Waals surface area (Å²) in [6, 6.07) is 2.30. The molecule has 0 saturated carbocycles. The third-order valence-electron chi connectivity index (χ3n) is 5.17. The van der Waals surface area contributed by atoms with Crippen LogP contribution in [0.2, 0.25) is 0 Å². The SMILES string of the molecule is CCC[C@@H](NC(=O)[C@]1(C)CSC(/C(C)=N/OC(=O)COCCOCCOC)=N1)c1cc(OC)cc(=O)o1. The number of hydrogen-bond acceptors (Lipinski definition) is 12. The summed E-state index contributed by atoms with van der Waals surface area (Å²) < 4.78 is 25.7. The molecule has 0 aliphatic carbocycles. The number of hydrogen-bond donors (Lipinski definition) is 1. The van der Waals surface area contributed by atoms with Crippen LogP contribution in [-0.4, -0.2) is 81.2 Å². The van der Waals surface area contributed by atoms with Crippen molar-refractivity contribution in [2.45, 2.75) is 45.2 Å². The molecule has 2 heterocycles. The molecule has 0 radical (unpaired) electrons. The quantitative estimate of drug-likeness (QED) is 0.143. The zero-order valence-corrected chi connectivity index (χ0v) is 22.7. The number of aliphatic imine (C=N–C) groups is 1. The first kappa shape index (κ1) is 30.5. The Morgan fingerprint density at radius 2 is 1.95 bits per heavy atom. The maximum absolute atomic E-state index is 13.2. The summed E-state index contributed by atoms with van der Waals surface area (Å²) in [5.74, 6) is 0.0349. The van der Waals surface area contributed by atoms with E-state index >= 15 is 0 Å². The van der Waals surface area contributed by atoms with Gasteiger partial charge in [-0.05, 0) is 20.3 Å². The van der Waals surface area contributed by atoms with Gasteiger partial charge in [-0.2, -0.15) is 0 Å². The predicted molar refractivity (Wildman–Crippen MR) is 138 cm³/mol. The average molecular weight is 542 g/mol. The molecule has 0 saturated heterocycles. The minimum absolute atomic E-state index is 0.232. The normalized spacial score (nSPS) is 18.3. The summed E-state index contributed by atoms with van der Waals surface area (Å²) in [5, 5.41) is 7.26. The first-order valence-electron chi connectivity index (χ1n) is 11.8. The van der Waals surface area contributed by atoms with Crippen molar-refractivity contribution in [3.05, 3.63) is 28.3 Å². The number of carbonyl (C=O) groups is 2. The highest BCUT2D eigenvalue weighted by Gasteiger charge is 2.40. The molecule has 12 nitrogen and oxygen atoms in total. The largest absolute Gasteiger partial charge is 0.496 e. The Kier molecular flexibility index (Phi) is 12.8. The van der Waals surface area contributed by atoms with Crippen LogP contribution in [-0.2, 0) is 28.6 Å². The van der Waals surface area contributed by atoms with Gasteiger partial charge in [-0.15, -0.1) is 11.8 Å². The first-order chi connectivity index (χ1) is 17.7. The summed E-state index contributed by atoms with van der Waals surface area (Å²) in [6.45, 7) is 6.52. The summed E-state index contributed by atoms with van der Waals surface area (Å²) >= 11 is 1.33. The third-order valence-corrected chi connectivity index (χ3v) is 6.54. The molecule has 1 N–H and O–H groups in total. The van der Waals surface area contributed by atoms with Crippen molar-refractivity contribution in [2.75, 3.05) is 53.0 Å². The van der Waals surface area contributed by atoms with E-state index in [2.05, 4.69) is 15.5 Å². The summed E-state index contributed by atoms with van der Waals surface area (Å²) in [7, 11) is 3.03. The van der Waals surface area contributed by atoms with E-state index in [1.165, 1.54) is 24.9 Å². The summed E-state index contributed by atoms with van der Waals surface area (Å²) in [6.07, 6.45) is 1.30. The van der Waals surface area contributed by atoms with E-state index < -0.39 is 23.2 Å². The maximum Gasteiger partial charge on any atom is 0.360 e. The highest BCUT2D eigenvalue weighted by molar-refractivity contribution is 8.16. The van der Waals surface area contributed by atoms with Gasteiger partial charge >= 0.3 is 11.6 Å². The standard InChI is InChI=1S/C24H35N3O9S/c1-6-7-18(19-12-17(32-5)13-20(28)35-19)25-23(30)24(3)15-37-22(26-24)16(2)27-36-21(29)14-34-11-10-33-9-8-31-4/h12-13,18H,6-11,14-15H2,1-5H3,(H,25,30)/b27-16+/t18-,24+/m1/s1. The van der Waals surface area contributed by atoms with Gasteiger partial charge in [0.1, 0.15) is 34.4 Å². The number of ether oxygens (including phenoxy) is 4. The van der Waals surface area contributed by atoms with Crippen molar-refractivity contribution in [2.24, 2.45) is 10.1 Å². The molecule has 0 spiro atoms. The Labute approximate surface area is 220 Å². The van der Waals surface area contributed by atoms with Gasteiger partial charge in [-0.3, -0.25) is 9.79 Å². The molecule has 2 atom stereocenters. The van der Waals surface area contributed by atoms with Gasteiger partial charge in [0.05, 0.1) is 45.6 Å². The first-order valence-corrected chi connectivity index (χ1v) is 12.8. The second-order valence-electron chi connectivity index (χ2n) is 8.31. The van der Waals surface area contributed by atoms with E-state index in [0.29, 0.717) is 54.3 Å². The Morgan fingerprint density at radius 1 is 1.22 bits per heavy atom. The average Bonchev–Trinajstić information content (AvgIpc) is 3.29. The fourth-order valence-electron chi connectivity index (χ4n) is 3.15. The van der Waals surface area contributed by atoms with E-state index in [1.54, 1.807) is 27.0 Å². The van der Waals surface area contributed by atoms with E-state index in [4.69, 9.17) is 28.2 Å². The minimum Gasteiger partial charge on any atom is -0.496 e. The van der Waals surface area contributed by atoms with E-state index in [0.717, 1.165) is 6.42 Å². The van der Waals surface area contributed by atoms with Crippen LogP contribution in [0.3, 0.4) is 0 Å². The van der Waals surface area contributed by atoms with E-state index in [9.17, 15) is 14.4 Å². The highest BCUT2D eigenvalue weighted by atomic mass is 32.2. The van der Waals surface area contributed by atoms with Crippen LogP contribution < -0.4 is 15.7 Å². The number of amides is 1. The Morgan fingerprint density at radius 3 is 2.65 bits per heavy atom. The second-order valence-corrected chi connectivity index (χ2v) is 9.27. The Bertz CT molecular complexity index is 1030. The van der Waals surface area contributed by atoms with Crippen LogP contribution in [0, 0.1) is 0 Å². The molecule has 0 aromatic carbocycles. The zero-order valence-electron chi connectivity index (χ0n) is 21.9. The van der Waals surface area contributed by atoms with Crippen LogP contribution in [0.5, 0.6) is 5.75 Å². The Balaban J connectivity index is 1.94. The molecule has 37 heavy (non-hydrogen) atoms. The number of nitrogens with zero attached hydrogens (tertiary/aromatic N) is 2. The highest BCUT2D eigenvalue weighted by Crippen LogP contribution is 2.30. The number of methoxy groups -OCH3 is 2. The topological polar surface area (TPSA) is 147 Å².